The lowest BCUT2D eigenvalue weighted by Crippen LogP contribution is -2.56. The van der Waals surface area contributed by atoms with E-state index in [4.69, 9.17) is 0 Å². The first-order valence-electron chi connectivity index (χ1n) is 12.7. The van der Waals surface area contributed by atoms with E-state index in [2.05, 4.69) is 39.7 Å². The van der Waals surface area contributed by atoms with Crippen LogP contribution in [0, 0.1) is 0 Å². The lowest BCUT2D eigenvalue weighted by molar-refractivity contribution is -0.136. The van der Waals surface area contributed by atoms with Gasteiger partial charge in [-0.2, -0.15) is 0 Å². The molecule has 1 spiro atoms. The van der Waals surface area contributed by atoms with Crippen LogP contribution in [0.1, 0.15) is 50.3 Å². The molecule has 186 valence electrons. The third kappa shape index (κ3) is 4.75. The summed E-state index contributed by atoms with van der Waals surface area (Å²) >= 11 is 1.78. The van der Waals surface area contributed by atoms with E-state index in [1.807, 2.05) is 9.80 Å². The largest absolute Gasteiger partial charge is 0.348 e. The number of likely N-dealkylation sites (tertiary alicyclic amines) is 2. The normalized spacial score (nSPS) is 28.3. The molecule has 4 fully saturated rings. The average Bonchev–Trinajstić information content (AvgIpc) is 3.49. The molecule has 0 aromatic carbocycles. The van der Waals surface area contributed by atoms with Crippen LogP contribution in [-0.4, -0.2) is 101 Å². The molecule has 2 atom stereocenters. The number of hydrogen-bond donors (Lipinski definition) is 1. The summed E-state index contributed by atoms with van der Waals surface area (Å²) in [4.78, 5) is 48.3. The molecule has 4 aliphatic rings. The fourth-order valence-electron chi connectivity index (χ4n) is 6.36. The molecule has 0 saturated carbocycles. The number of amides is 3. The molecular weight excluding hydrogens is 450 g/mol. The summed E-state index contributed by atoms with van der Waals surface area (Å²) in [5, 5.41) is 5.45. The highest BCUT2D eigenvalue weighted by Gasteiger charge is 2.49. The zero-order chi connectivity index (χ0) is 23.9. The topological polar surface area (TPSA) is 76.2 Å². The second-order valence-corrected chi connectivity index (χ2v) is 11.7. The van der Waals surface area contributed by atoms with Gasteiger partial charge in [0, 0.05) is 63.2 Å². The molecular formula is C25H37N5O3S. The van der Waals surface area contributed by atoms with Crippen LogP contribution in [0.15, 0.2) is 17.5 Å². The van der Waals surface area contributed by atoms with Crippen LogP contribution >= 0.6 is 11.3 Å². The fraction of sp³-hybridized carbons (Fsp3) is 0.720. The standard InChI is InChI=1S/C25H37N5O3S/c1-18(31)29-9-5-19(6-10-29)27(2)20-14-22-24(33)26-25(15-23(32)30(22)16-20)7-11-28(12-8-25)17-21-4-3-13-34-21/h3-4,13,19-20,22H,5-12,14-17H2,1-2H3,(H,26,33)/t20-,22-/m0/s1. The molecule has 1 aromatic rings. The van der Waals surface area contributed by atoms with E-state index in [0.29, 0.717) is 25.4 Å². The van der Waals surface area contributed by atoms with Gasteiger partial charge in [-0.1, -0.05) is 6.07 Å². The maximum atomic E-state index is 13.4. The van der Waals surface area contributed by atoms with E-state index in [9.17, 15) is 14.4 Å². The summed E-state index contributed by atoms with van der Waals surface area (Å²) in [7, 11) is 2.12. The Morgan fingerprint density at radius 1 is 1.18 bits per heavy atom. The molecule has 0 unspecified atom stereocenters. The van der Waals surface area contributed by atoms with Crippen LogP contribution in [-0.2, 0) is 20.9 Å². The first kappa shape index (κ1) is 23.8. The fourth-order valence-corrected chi connectivity index (χ4v) is 7.11. The smallest absolute Gasteiger partial charge is 0.243 e. The Morgan fingerprint density at radius 2 is 1.91 bits per heavy atom. The van der Waals surface area contributed by atoms with Crippen molar-refractivity contribution in [3.63, 3.8) is 0 Å². The molecule has 0 radical (unpaired) electrons. The quantitative estimate of drug-likeness (QED) is 0.697. The Hall–Kier alpha value is -1.97. The SMILES string of the molecule is CC(=O)N1CCC(N(C)[C@H]2C[C@H]3C(=O)NC4(CCN(Cc5cccs5)CC4)CC(=O)N3C2)CC1. The first-order valence-corrected chi connectivity index (χ1v) is 13.6. The number of rotatable bonds is 4. The second kappa shape index (κ2) is 9.59. The Balaban J connectivity index is 1.18. The summed E-state index contributed by atoms with van der Waals surface area (Å²) < 4.78 is 0. The van der Waals surface area contributed by atoms with Gasteiger partial charge < -0.3 is 15.1 Å². The van der Waals surface area contributed by atoms with E-state index < -0.39 is 5.54 Å². The van der Waals surface area contributed by atoms with Crippen molar-refractivity contribution in [3.8, 4) is 0 Å². The molecule has 4 aliphatic heterocycles. The number of carbonyl (C=O) groups excluding carboxylic acids is 3. The van der Waals surface area contributed by atoms with Crippen LogP contribution in [0.2, 0.25) is 0 Å². The van der Waals surface area contributed by atoms with Crippen LogP contribution in [0.5, 0.6) is 0 Å². The Morgan fingerprint density at radius 3 is 2.56 bits per heavy atom. The third-order valence-corrected chi connectivity index (χ3v) is 9.48. The molecule has 34 heavy (non-hydrogen) atoms. The van der Waals surface area contributed by atoms with Crippen molar-refractivity contribution in [2.45, 2.75) is 75.7 Å². The average molecular weight is 488 g/mol. The van der Waals surface area contributed by atoms with Crippen molar-refractivity contribution in [3.05, 3.63) is 22.4 Å². The van der Waals surface area contributed by atoms with E-state index in [1.54, 1.807) is 18.3 Å². The maximum absolute atomic E-state index is 13.4. The van der Waals surface area contributed by atoms with Crippen LogP contribution in [0.4, 0.5) is 0 Å². The molecule has 3 amide bonds. The van der Waals surface area contributed by atoms with Crippen LogP contribution < -0.4 is 5.32 Å². The Labute approximate surface area is 206 Å². The van der Waals surface area contributed by atoms with Crippen molar-refractivity contribution in [2.75, 3.05) is 39.8 Å². The Kier molecular flexibility index (Phi) is 6.70. The predicted octanol–water partition coefficient (Wildman–Crippen LogP) is 1.51. The van der Waals surface area contributed by atoms with Gasteiger partial charge in [0.05, 0.1) is 12.0 Å². The minimum Gasteiger partial charge on any atom is -0.348 e. The molecule has 5 heterocycles. The predicted molar refractivity (Wildman–Crippen MR) is 131 cm³/mol. The highest BCUT2D eigenvalue weighted by atomic mass is 32.1. The first-order chi connectivity index (χ1) is 16.3. The molecule has 5 rings (SSSR count). The number of hydrogen-bond acceptors (Lipinski definition) is 6. The molecule has 8 nitrogen and oxygen atoms in total. The highest BCUT2D eigenvalue weighted by molar-refractivity contribution is 7.09. The number of likely N-dealkylation sites (N-methyl/N-ethyl adjacent to an activating group) is 1. The van der Waals surface area contributed by atoms with Gasteiger partial charge in [0.15, 0.2) is 0 Å². The summed E-state index contributed by atoms with van der Waals surface area (Å²) in [6, 6.07) is 4.47. The van der Waals surface area contributed by atoms with E-state index >= 15 is 0 Å². The van der Waals surface area contributed by atoms with E-state index in [1.165, 1.54) is 4.88 Å². The number of carbonyl (C=O) groups is 3. The molecule has 4 saturated heterocycles. The van der Waals surface area contributed by atoms with Crippen molar-refractivity contribution in [2.24, 2.45) is 0 Å². The van der Waals surface area contributed by atoms with Gasteiger partial charge in [-0.25, -0.2) is 0 Å². The van der Waals surface area contributed by atoms with Crippen molar-refractivity contribution < 1.29 is 14.4 Å². The minimum absolute atomic E-state index is 0.0276. The second-order valence-electron chi connectivity index (χ2n) is 10.7. The summed E-state index contributed by atoms with van der Waals surface area (Å²) in [5.41, 5.74) is -0.397. The van der Waals surface area contributed by atoms with Crippen LogP contribution in [0.3, 0.4) is 0 Å². The number of piperidine rings is 2. The van der Waals surface area contributed by atoms with Gasteiger partial charge in [0.1, 0.15) is 6.04 Å². The third-order valence-electron chi connectivity index (χ3n) is 8.61. The number of nitrogens with zero attached hydrogens (tertiary/aromatic N) is 4. The summed E-state index contributed by atoms with van der Waals surface area (Å²) in [5.74, 6) is 0.293. The molecule has 1 N–H and O–H groups in total. The van der Waals surface area contributed by atoms with Crippen LogP contribution in [0.25, 0.3) is 0 Å². The highest BCUT2D eigenvalue weighted by Crippen LogP contribution is 2.34. The van der Waals surface area contributed by atoms with Gasteiger partial charge >= 0.3 is 0 Å². The molecule has 0 bridgehead atoms. The van der Waals surface area contributed by atoms with Crippen molar-refractivity contribution in [1.29, 1.82) is 0 Å². The van der Waals surface area contributed by atoms with Gasteiger partial charge in [0.25, 0.3) is 0 Å². The monoisotopic (exact) mass is 487 g/mol. The van der Waals surface area contributed by atoms with Gasteiger partial charge in [-0.3, -0.25) is 24.2 Å². The summed E-state index contributed by atoms with van der Waals surface area (Å²) in [6.07, 6.45) is 4.66. The molecule has 9 heteroatoms. The maximum Gasteiger partial charge on any atom is 0.243 e. The van der Waals surface area contributed by atoms with Crippen molar-refractivity contribution >= 4 is 29.1 Å². The number of fused-ring (bicyclic) bond motifs is 1. The van der Waals surface area contributed by atoms with Gasteiger partial charge in [-0.15, -0.1) is 11.3 Å². The number of nitrogens with one attached hydrogen (secondary N) is 1. The lowest BCUT2D eigenvalue weighted by Gasteiger charge is -2.41. The minimum atomic E-state index is -0.397. The molecule has 1 aromatic heterocycles. The molecule has 0 aliphatic carbocycles. The number of thiophene rings is 1. The van der Waals surface area contributed by atoms with E-state index in [-0.39, 0.29) is 29.8 Å². The lowest BCUT2D eigenvalue weighted by atomic mass is 9.84. The zero-order valence-corrected chi connectivity index (χ0v) is 21.2. The summed E-state index contributed by atoms with van der Waals surface area (Å²) in [6.45, 7) is 6.59. The van der Waals surface area contributed by atoms with Crippen molar-refractivity contribution in [1.82, 2.24) is 24.9 Å². The van der Waals surface area contributed by atoms with Gasteiger partial charge in [-0.05, 0) is 50.6 Å². The Bertz CT molecular complexity index is 878. The zero-order valence-electron chi connectivity index (χ0n) is 20.4. The van der Waals surface area contributed by atoms with E-state index in [0.717, 1.165) is 58.4 Å². The van der Waals surface area contributed by atoms with Gasteiger partial charge in [0.2, 0.25) is 17.7 Å².